The molecule has 5 nitrogen and oxygen atoms in total. The summed E-state index contributed by atoms with van der Waals surface area (Å²) in [5, 5.41) is 24.3. The molecule has 0 bridgehead atoms. The van der Waals surface area contributed by atoms with Crippen LogP contribution in [0.4, 0.5) is 0 Å². The highest BCUT2D eigenvalue weighted by atomic mass is 16.3. The van der Waals surface area contributed by atoms with Crippen LogP contribution in [-0.4, -0.2) is 21.7 Å². The second-order valence-corrected chi connectivity index (χ2v) is 6.13. The van der Waals surface area contributed by atoms with Crippen molar-refractivity contribution < 1.29 is 10.2 Å². The highest BCUT2D eigenvalue weighted by Gasteiger charge is 2.13. The molecule has 0 amide bonds. The van der Waals surface area contributed by atoms with Crippen molar-refractivity contribution in [2.75, 3.05) is 6.54 Å². The number of aromatic hydroxyl groups is 1. The van der Waals surface area contributed by atoms with Gasteiger partial charge in [0.2, 0.25) is 5.56 Å². The van der Waals surface area contributed by atoms with Crippen LogP contribution in [0.5, 0.6) is 5.75 Å². The number of aliphatic hydroxyl groups excluding tert-OH is 1. The summed E-state index contributed by atoms with van der Waals surface area (Å²) in [6.45, 7) is 0.950. The summed E-state index contributed by atoms with van der Waals surface area (Å²) in [4.78, 5) is 14.1. The number of fused-ring (bicyclic) bond motifs is 1. The lowest BCUT2D eigenvalue weighted by Gasteiger charge is -2.15. The van der Waals surface area contributed by atoms with Crippen LogP contribution in [0.3, 0.4) is 0 Å². The summed E-state index contributed by atoms with van der Waals surface area (Å²) in [6.07, 6.45) is 5.14. The monoisotopic (exact) mass is 348 g/mol. The first-order valence-electron chi connectivity index (χ1n) is 8.33. The number of aromatic amines is 1. The molecule has 4 N–H and O–H groups in total. The summed E-state index contributed by atoms with van der Waals surface area (Å²) in [6, 6.07) is 14.1. The van der Waals surface area contributed by atoms with E-state index in [0.717, 1.165) is 11.1 Å². The van der Waals surface area contributed by atoms with Crippen molar-refractivity contribution in [2.24, 2.45) is 0 Å². The van der Waals surface area contributed by atoms with Crippen molar-refractivity contribution in [1.82, 2.24) is 10.3 Å². The molecule has 3 rings (SSSR count). The number of hydrogen-bond donors (Lipinski definition) is 4. The van der Waals surface area contributed by atoms with Gasteiger partial charge in [-0.05, 0) is 28.8 Å². The summed E-state index contributed by atoms with van der Waals surface area (Å²) in [5.74, 6) is 2.59. The number of nitrogens with one attached hydrogen (secondary N) is 2. The van der Waals surface area contributed by atoms with Crippen LogP contribution in [0, 0.1) is 12.3 Å². The van der Waals surface area contributed by atoms with Gasteiger partial charge in [-0.3, -0.25) is 4.79 Å². The van der Waals surface area contributed by atoms with Crippen LogP contribution < -0.4 is 10.9 Å². The number of H-pyrrole nitrogens is 1. The topological polar surface area (TPSA) is 85.3 Å². The number of aliphatic hydroxyl groups is 1. The zero-order chi connectivity index (χ0) is 18.5. The Bertz CT molecular complexity index is 1000. The van der Waals surface area contributed by atoms with Crippen molar-refractivity contribution >= 4 is 10.9 Å². The molecule has 1 heterocycles. The lowest BCUT2D eigenvalue weighted by Crippen LogP contribution is -2.21. The van der Waals surface area contributed by atoms with Gasteiger partial charge in [-0.1, -0.05) is 30.3 Å². The van der Waals surface area contributed by atoms with Gasteiger partial charge in [-0.25, -0.2) is 0 Å². The Balaban J connectivity index is 1.68. The van der Waals surface area contributed by atoms with Gasteiger partial charge in [0.25, 0.3) is 0 Å². The molecule has 0 unspecified atom stereocenters. The van der Waals surface area contributed by atoms with E-state index in [2.05, 4.69) is 16.2 Å². The average molecular weight is 348 g/mol. The fraction of sp³-hybridized carbons (Fsp3) is 0.190. The van der Waals surface area contributed by atoms with Crippen molar-refractivity contribution in [1.29, 1.82) is 0 Å². The van der Waals surface area contributed by atoms with Gasteiger partial charge in [0.05, 0.1) is 11.6 Å². The summed E-state index contributed by atoms with van der Waals surface area (Å²) in [5.41, 5.74) is 2.87. The van der Waals surface area contributed by atoms with Crippen molar-refractivity contribution in [3.05, 3.63) is 75.6 Å². The predicted octanol–water partition coefficient (Wildman–Crippen LogP) is 2.23. The summed E-state index contributed by atoms with van der Waals surface area (Å²) >= 11 is 0. The Morgan fingerprint density at radius 3 is 2.54 bits per heavy atom. The largest absolute Gasteiger partial charge is 0.506 e. The Hall–Kier alpha value is -3.07. The van der Waals surface area contributed by atoms with Gasteiger partial charge in [0, 0.05) is 31.0 Å². The van der Waals surface area contributed by atoms with Crippen molar-refractivity contribution in [2.45, 2.75) is 19.1 Å². The fourth-order valence-electron chi connectivity index (χ4n) is 2.91. The average Bonchev–Trinajstić information content (AvgIpc) is 2.64. The third kappa shape index (κ3) is 3.94. The normalized spacial score (nSPS) is 12.0. The third-order valence-corrected chi connectivity index (χ3v) is 4.26. The first-order valence-corrected chi connectivity index (χ1v) is 8.33. The van der Waals surface area contributed by atoms with E-state index in [0.29, 0.717) is 36.0 Å². The molecule has 0 fully saturated rings. The summed E-state index contributed by atoms with van der Waals surface area (Å²) in [7, 11) is 0. The van der Waals surface area contributed by atoms with Gasteiger partial charge >= 0.3 is 0 Å². The highest BCUT2D eigenvalue weighted by Crippen LogP contribution is 2.28. The molecule has 0 saturated carbocycles. The Kier molecular flexibility index (Phi) is 5.37. The van der Waals surface area contributed by atoms with Crippen LogP contribution in [0.1, 0.15) is 22.8 Å². The molecule has 5 heteroatoms. The van der Waals surface area contributed by atoms with E-state index in [-0.39, 0.29) is 11.3 Å². The number of terminal acetylenes is 1. The van der Waals surface area contributed by atoms with Gasteiger partial charge in [0.15, 0.2) is 0 Å². The maximum Gasteiger partial charge on any atom is 0.248 e. The van der Waals surface area contributed by atoms with E-state index in [1.165, 1.54) is 12.1 Å². The van der Waals surface area contributed by atoms with Crippen molar-refractivity contribution in [3.8, 4) is 18.1 Å². The molecule has 26 heavy (non-hydrogen) atoms. The lowest BCUT2D eigenvalue weighted by atomic mass is 10.0. The number of phenols is 1. The van der Waals surface area contributed by atoms with Crippen LogP contribution in [-0.2, 0) is 13.0 Å². The SMILES string of the molecule is C#CCc1ccc(CNC[C@H](O)c2ccc(O)c3[nH]c(=O)ccc23)cc1. The maximum absolute atomic E-state index is 11.5. The van der Waals surface area contributed by atoms with Crippen molar-refractivity contribution in [3.63, 3.8) is 0 Å². The molecule has 132 valence electrons. The molecule has 0 radical (unpaired) electrons. The van der Waals surface area contributed by atoms with E-state index in [1.54, 1.807) is 12.1 Å². The molecule has 0 aliphatic rings. The first-order chi connectivity index (χ1) is 12.6. The molecule has 0 aliphatic carbocycles. The minimum absolute atomic E-state index is 0.0198. The second kappa shape index (κ2) is 7.87. The minimum atomic E-state index is -0.773. The third-order valence-electron chi connectivity index (χ3n) is 4.26. The molecule has 0 spiro atoms. The van der Waals surface area contributed by atoms with Crippen LogP contribution in [0.15, 0.2) is 53.3 Å². The first kappa shape index (κ1) is 17.7. The van der Waals surface area contributed by atoms with Crippen LogP contribution in [0.25, 0.3) is 10.9 Å². The zero-order valence-corrected chi connectivity index (χ0v) is 14.2. The van der Waals surface area contributed by atoms with Gasteiger partial charge in [-0.2, -0.15) is 0 Å². The summed E-state index contributed by atoms with van der Waals surface area (Å²) < 4.78 is 0. The van der Waals surface area contributed by atoms with E-state index in [1.807, 2.05) is 24.3 Å². The van der Waals surface area contributed by atoms with E-state index < -0.39 is 6.10 Å². The quantitative estimate of drug-likeness (QED) is 0.515. The van der Waals surface area contributed by atoms with Gasteiger partial charge < -0.3 is 20.5 Å². The number of benzene rings is 2. The standard InChI is InChI=1S/C21H20N2O3/c1-2-3-14-4-6-15(7-5-14)12-22-13-19(25)16-8-10-18(24)21-17(16)9-11-20(26)23-21/h1,4-11,19,22,24-25H,3,12-13H2,(H,23,26)/t19-/m0/s1. The number of hydrogen-bond acceptors (Lipinski definition) is 4. The van der Waals surface area contributed by atoms with E-state index >= 15 is 0 Å². The molecule has 2 aromatic carbocycles. The molecular weight excluding hydrogens is 328 g/mol. The molecule has 1 atom stereocenters. The molecular formula is C21H20N2O3. The molecule has 0 aliphatic heterocycles. The minimum Gasteiger partial charge on any atom is -0.506 e. The van der Waals surface area contributed by atoms with Crippen LogP contribution >= 0.6 is 0 Å². The predicted molar refractivity (Wildman–Crippen MR) is 102 cm³/mol. The number of aromatic nitrogens is 1. The Morgan fingerprint density at radius 1 is 1.08 bits per heavy atom. The Labute approximate surface area is 151 Å². The van der Waals surface area contributed by atoms with Crippen LogP contribution in [0.2, 0.25) is 0 Å². The smallest absolute Gasteiger partial charge is 0.248 e. The fourth-order valence-corrected chi connectivity index (χ4v) is 2.91. The number of phenolic OH excluding ortho intramolecular Hbond substituents is 1. The lowest BCUT2D eigenvalue weighted by molar-refractivity contribution is 0.176. The number of rotatable bonds is 6. The molecule has 3 aromatic rings. The molecule has 0 saturated heterocycles. The van der Waals surface area contributed by atoms with E-state index in [9.17, 15) is 15.0 Å². The van der Waals surface area contributed by atoms with E-state index in [4.69, 9.17) is 6.42 Å². The van der Waals surface area contributed by atoms with Gasteiger partial charge in [-0.15, -0.1) is 12.3 Å². The Morgan fingerprint density at radius 2 is 1.81 bits per heavy atom. The second-order valence-electron chi connectivity index (χ2n) is 6.13. The zero-order valence-electron chi connectivity index (χ0n) is 14.2. The molecule has 1 aromatic heterocycles. The highest BCUT2D eigenvalue weighted by molar-refractivity contribution is 5.87. The van der Waals surface area contributed by atoms with Gasteiger partial charge in [0.1, 0.15) is 5.75 Å². The number of pyridine rings is 1. The maximum atomic E-state index is 11.5.